The Bertz CT molecular complexity index is 4310. The summed E-state index contributed by atoms with van der Waals surface area (Å²) in [6, 6.07) is -9.77. The molecule has 0 spiro atoms. The molecule has 14 rings (SSSR count). The van der Waals surface area contributed by atoms with Gasteiger partial charge in [0, 0.05) is 102 Å². The fraction of sp³-hybridized carbons (Fsp3) is 0.863. The van der Waals surface area contributed by atoms with Gasteiger partial charge in [0.15, 0.2) is 50.3 Å². The van der Waals surface area contributed by atoms with Crippen LogP contribution in [0.5, 0.6) is 0 Å². The van der Waals surface area contributed by atoms with E-state index in [-0.39, 0.29) is 110 Å². The Labute approximate surface area is 820 Å². The lowest BCUT2D eigenvalue weighted by Crippen LogP contribution is -2.63. The summed E-state index contributed by atoms with van der Waals surface area (Å²) in [5.74, 6) is -4.52. The van der Waals surface area contributed by atoms with Crippen molar-refractivity contribution in [3.63, 3.8) is 0 Å². The van der Waals surface area contributed by atoms with Crippen molar-refractivity contribution in [2.45, 2.75) is 380 Å². The van der Waals surface area contributed by atoms with Gasteiger partial charge in [0.1, 0.15) is 128 Å². The molecule has 24 unspecified atom stereocenters. The van der Waals surface area contributed by atoms with Crippen molar-refractivity contribution in [1.82, 2.24) is 47.9 Å². The van der Waals surface area contributed by atoms with E-state index in [1.54, 1.807) is 13.8 Å². The highest BCUT2D eigenvalue weighted by molar-refractivity contribution is 5.77. The SMILES string of the molecule is CC(=O)NC1C(O)OC(CO)[C@@H](C)[C@@H]1O.CC(=O)NC1C(O)OC(CO)[C@@H](N=[N+]=[N-])[C@@H]1O.CC(=O)NC1C(O)OC(CO)[C@@H](O)[C@@H]1O.CC(=O)NC1C2OCC(O2)[C@@H]2O[C@@H]12.CC(=O)NC1[C@@H]2OCC(O2)[C@@H](N=[N+]=[N-])[C@H]1O.CC(=O)NC1[C@@H]2OCC(O2)[C@@H](N=[N+]=[N-])[C@H]1OC(C)=O.CC(=O)NC1[C@@H]2OCC(O2)[C@@H](O)[C@H]1O.CCC1OC(O)C(NC(C)=O)[C@@H](O)[C@@H]1O.CCC1OC(OC(C)=O)C(NC(C)=O)[C@@H](C)[C@@H]1N=[N+]=[N-]. The highest BCUT2D eigenvalue weighted by Crippen LogP contribution is 2.42. The minimum Gasteiger partial charge on any atom is -0.460 e. The zero-order valence-corrected chi connectivity index (χ0v) is 80.9. The van der Waals surface area contributed by atoms with Crippen molar-refractivity contribution in [3.8, 4) is 0 Å². The van der Waals surface area contributed by atoms with E-state index in [1.165, 1.54) is 76.2 Å². The first-order valence-corrected chi connectivity index (χ1v) is 45.5. The number of nitrogens with zero attached hydrogens (tertiary/aromatic N) is 12. The Morgan fingerprint density at radius 3 is 1.04 bits per heavy atom. The van der Waals surface area contributed by atoms with Gasteiger partial charge in [0.2, 0.25) is 59.5 Å². The molecule has 144 heavy (non-hydrogen) atoms. The van der Waals surface area contributed by atoms with Crippen molar-refractivity contribution in [2.24, 2.45) is 32.3 Å². The first kappa shape index (κ1) is 123. The third-order valence-corrected chi connectivity index (χ3v) is 24.0. The number of azide groups is 4. The van der Waals surface area contributed by atoms with Gasteiger partial charge in [0.25, 0.3) is 0 Å². The molecular formula is C80H133N21O43. The third-order valence-electron chi connectivity index (χ3n) is 24.0. The van der Waals surface area contributed by atoms with Crippen molar-refractivity contribution in [2.75, 3.05) is 46.2 Å². The third kappa shape index (κ3) is 34.1. The Hall–Kier alpha value is -9.79. The predicted molar refractivity (Wildman–Crippen MR) is 471 cm³/mol. The van der Waals surface area contributed by atoms with Gasteiger partial charge in [-0.15, -0.1) is 0 Å². The molecule has 14 saturated heterocycles. The number of hydrogen-bond acceptors (Lipinski definition) is 47. The minimum absolute atomic E-state index is 0.0724. The van der Waals surface area contributed by atoms with Gasteiger partial charge < -0.3 is 205 Å². The van der Waals surface area contributed by atoms with Crippen LogP contribution in [-0.4, -0.2) is 456 Å². The maximum absolute atomic E-state index is 11.3. The summed E-state index contributed by atoms with van der Waals surface area (Å²) >= 11 is 0. The van der Waals surface area contributed by atoms with E-state index >= 15 is 0 Å². The molecule has 816 valence electrons. The lowest BCUT2D eigenvalue weighted by atomic mass is 9.86. The molecule has 14 aliphatic heterocycles. The highest BCUT2D eigenvalue weighted by Gasteiger charge is 2.62. The van der Waals surface area contributed by atoms with Crippen LogP contribution in [0.4, 0.5) is 0 Å². The van der Waals surface area contributed by atoms with Crippen LogP contribution in [0.15, 0.2) is 20.5 Å². The van der Waals surface area contributed by atoms with Crippen molar-refractivity contribution < 1.29 is 210 Å². The molecule has 0 aliphatic carbocycles. The van der Waals surface area contributed by atoms with Crippen LogP contribution in [0, 0.1) is 11.8 Å². The Morgan fingerprint density at radius 1 is 0.292 bits per heavy atom. The highest BCUT2D eigenvalue weighted by atomic mass is 16.8. The molecule has 14 aliphatic rings. The summed E-state index contributed by atoms with van der Waals surface area (Å²) in [5, 5.41) is 188. The fourth-order valence-corrected chi connectivity index (χ4v) is 17.1. The van der Waals surface area contributed by atoms with Crippen molar-refractivity contribution in [3.05, 3.63) is 41.8 Å². The maximum Gasteiger partial charge on any atom is 0.305 e. The van der Waals surface area contributed by atoms with Crippen LogP contribution in [0.1, 0.15) is 117 Å². The molecule has 0 aromatic carbocycles. The van der Waals surface area contributed by atoms with E-state index in [2.05, 4.69) is 88.0 Å². The molecule has 0 saturated carbocycles. The predicted octanol–water partition coefficient (Wildman–Crippen LogP) is -10.7. The molecule has 0 aromatic heterocycles. The van der Waals surface area contributed by atoms with Crippen LogP contribution in [0.3, 0.4) is 0 Å². The molecule has 14 heterocycles. The minimum atomic E-state index is -1.48. The zero-order chi connectivity index (χ0) is 108. The monoisotopic (exact) mass is 2080 g/mol. The molecule has 8 bridgehead atoms. The second kappa shape index (κ2) is 58.1. The number of nitrogens with one attached hydrogen (secondary N) is 9. The summed E-state index contributed by atoms with van der Waals surface area (Å²) in [5.41, 5.74) is 34.0. The number of hydrogen-bond donors (Lipinski definition) is 25. The Balaban J connectivity index is 0.000000248. The normalized spacial score (nSPS) is 40.3. The number of epoxide rings is 1. The lowest BCUT2D eigenvalue weighted by molar-refractivity contribution is -0.253. The number of esters is 2. The molecule has 0 radical (unpaired) electrons. The lowest BCUT2D eigenvalue weighted by Gasteiger charge is -2.43. The van der Waals surface area contributed by atoms with Gasteiger partial charge in [-0.25, -0.2) is 0 Å². The number of aliphatic hydroxyl groups excluding tert-OH is 16. The van der Waals surface area contributed by atoms with Crippen LogP contribution >= 0.6 is 0 Å². The molecule has 25 N–H and O–H groups in total. The Kier molecular flexibility index (Phi) is 49.6. The molecule has 9 amide bonds. The second-order valence-electron chi connectivity index (χ2n) is 34.9. The number of fused-ring (bicyclic) bond motifs is 10. The molecule has 14 fully saturated rings. The van der Waals surface area contributed by atoms with Crippen LogP contribution < -0.4 is 47.9 Å². The zero-order valence-electron chi connectivity index (χ0n) is 80.9. The van der Waals surface area contributed by atoms with E-state index in [4.69, 9.17) is 113 Å². The van der Waals surface area contributed by atoms with Crippen molar-refractivity contribution in [1.29, 1.82) is 0 Å². The standard InChI is InChI=1S/C12H20N4O4.C10H14N4O5.2C9H17NO5.C8H14N4O5.C8H12N4O4.C8H15NO6.C8H13NO5.C8H11NO4/c1-5-9-10(15-16-13)6(2)11(14-7(3)17)12(20-9)19-8(4)18;1-4(15)12-8-9(18-5(2)16)7(13-14-11)6-3-17-10(8)19-6;1-4-6(3-11)15-9(14)7(8(4)13)10-5(2)12;1-3-5-7(12)8(13)6(9(14)15-5)10-4(2)11;1-3(14)10-6-7(15)5(11-12-9)4(2-13)17-8(6)16;1-3(13)10-6-7(14)5(11-12-9)4-2-15-8(6)16-4;1-3(11)9-5-7(13)6(12)4(2-10)15-8(5)14;1-3(10)9-5-7(12)6(11)4-2-13-8(5)14-4;1-3(10)9-5-7-6(13-7)4-2-11-8(5)12-4/h6,9-12H,5H2,1-4H3,(H,14,17);6-10H,3H2,1-2H3,(H,12,15);4,6-9,11,13-14H,3H2,1-2H3,(H,10,12);5-9,12-14H,3H2,1-2H3,(H,10,11);4-8,13,15-16H,2H2,1H3,(H,10,14);4-8,14H,2H2,1H3,(H,10,13);4-8,10,12-14H,2H2,1H3,(H,9,11);4-8,11-12H,2H2,1H3,(H,9,10);4-8H,2H2,1H3,(H,9,10)/t6-,9?,10-,11?,12?;6?,7-,8?,9-,10-;4-,6?,7?,8+,9?;5?,6?,7-,8-,9?;4?,5-,6?,7+,8?;4?,5-,6?,7-,8-;4?,5?,6-,7-,8?;4?,5?,6-,7+,8-;4?,5?,6-,7-,8?/m011111110/s1. The largest absolute Gasteiger partial charge is 0.460 e. The second-order valence-corrected chi connectivity index (χ2v) is 34.9. The van der Waals surface area contributed by atoms with E-state index in [0.29, 0.717) is 19.4 Å². The smallest absolute Gasteiger partial charge is 0.305 e. The molecule has 0 aromatic rings. The van der Waals surface area contributed by atoms with E-state index in [0.717, 1.165) is 0 Å². The molecule has 64 nitrogen and oxygen atoms in total. The van der Waals surface area contributed by atoms with Gasteiger partial charge in [-0.3, -0.25) is 52.7 Å². The van der Waals surface area contributed by atoms with Crippen LogP contribution in [-0.2, 0) is 129 Å². The van der Waals surface area contributed by atoms with Gasteiger partial charge in [-0.1, -0.05) is 48.2 Å². The van der Waals surface area contributed by atoms with E-state index in [1.807, 2.05) is 13.8 Å². The topological polar surface area (TPSA) is 966 Å². The van der Waals surface area contributed by atoms with Gasteiger partial charge in [-0.2, -0.15) is 0 Å². The molecule has 64 heteroatoms. The summed E-state index contributed by atoms with van der Waals surface area (Å²) in [6.45, 7) is 21.5. The summed E-state index contributed by atoms with van der Waals surface area (Å²) in [7, 11) is 0. The van der Waals surface area contributed by atoms with Gasteiger partial charge in [-0.05, 0) is 40.9 Å². The maximum atomic E-state index is 11.3. The van der Waals surface area contributed by atoms with E-state index < -0.39 is 269 Å². The van der Waals surface area contributed by atoms with Crippen molar-refractivity contribution >= 4 is 65.1 Å². The number of rotatable bonds is 20. The van der Waals surface area contributed by atoms with Gasteiger partial charge >= 0.3 is 11.9 Å². The quantitative estimate of drug-likeness (QED) is 0.0177. The first-order chi connectivity index (χ1) is 67.8. The van der Waals surface area contributed by atoms with Gasteiger partial charge in [0.05, 0.1) is 125 Å². The van der Waals surface area contributed by atoms with E-state index in [9.17, 15) is 119 Å². The summed E-state index contributed by atoms with van der Waals surface area (Å²) < 4.78 is 84.1. The fourth-order valence-electron chi connectivity index (χ4n) is 17.1. The molecular weight excluding hydrogens is 1940 g/mol. The average molecular weight is 2080 g/mol. The number of amides is 9. The van der Waals surface area contributed by atoms with Crippen LogP contribution in [0.2, 0.25) is 0 Å². The number of ether oxygens (including phenoxy) is 16. The number of carbonyl (C=O) groups excluding carboxylic acids is 11. The summed E-state index contributed by atoms with van der Waals surface area (Å²) in [4.78, 5) is 131. The average Bonchev–Trinajstić information content (AvgIpc) is 1.58. The Morgan fingerprint density at radius 2 is 0.604 bits per heavy atom. The number of carbonyl (C=O) groups is 11. The molecule has 45 atom stereocenters. The first-order valence-electron chi connectivity index (χ1n) is 45.5. The number of aliphatic hydroxyl groups is 16. The summed E-state index contributed by atoms with van der Waals surface area (Å²) in [6.07, 6.45) is -23.5. The van der Waals surface area contributed by atoms with Crippen LogP contribution in [0.25, 0.3) is 41.8 Å².